The SMILES string of the molecule is CCC(C1=C(O)CC(CCc2ccccc2)(CCc2ccccc2)OC1=O)c1cccc(NS(=O)(=O)c2ccc(C#N)cn2)c1. The Morgan fingerprint density at radius 1 is 0.956 bits per heavy atom. The van der Waals surface area contributed by atoms with Crippen LogP contribution in [0.4, 0.5) is 5.69 Å². The fourth-order valence-corrected chi connectivity index (χ4v) is 6.81. The number of cyclic esters (lactones) is 1. The summed E-state index contributed by atoms with van der Waals surface area (Å²) in [5.74, 6) is -1.07. The fraction of sp³-hybridized carbons (Fsp3) is 0.250. The summed E-state index contributed by atoms with van der Waals surface area (Å²) in [6, 6.07) is 31.3. The predicted molar refractivity (Wildman–Crippen MR) is 172 cm³/mol. The number of sulfonamides is 1. The van der Waals surface area contributed by atoms with E-state index in [1.54, 1.807) is 24.3 Å². The van der Waals surface area contributed by atoms with Gasteiger partial charge in [0.1, 0.15) is 17.4 Å². The highest BCUT2D eigenvalue weighted by Crippen LogP contribution is 2.42. The van der Waals surface area contributed by atoms with Crippen LogP contribution >= 0.6 is 0 Å². The molecule has 0 saturated carbocycles. The van der Waals surface area contributed by atoms with Crippen LogP contribution in [0, 0.1) is 11.3 Å². The molecule has 0 amide bonds. The Labute approximate surface area is 264 Å². The lowest BCUT2D eigenvalue weighted by Gasteiger charge is -2.39. The second-order valence-electron chi connectivity index (χ2n) is 11.3. The maximum absolute atomic E-state index is 13.8. The molecule has 45 heavy (non-hydrogen) atoms. The zero-order chi connectivity index (χ0) is 31.9. The maximum Gasteiger partial charge on any atom is 0.338 e. The van der Waals surface area contributed by atoms with E-state index >= 15 is 0 Å². The largest absolute Gasteiger partial charge is 0.512 e. The molecule has 230 valence electrons. The van der Waals surface area contributed by atoms with Crippen molar-refractivity contribution < 1.29 is 23.1 Å². The van der Waals surface area contributed by atoms with E-state index in [-0.39, 0.29) is 34.0 Å². The number of nitrogens with one attached hydrogen (secondary N) is 1. The van der Waals surface area contributed by atoms with Crippen LogP contribution in [0.25, 0.3) is 0 Å². The first-order valence-electron chi connectivity index (χ1n) is 14.9. The quantitative estimate of drug-likeness (QED) is 0.163. The predicted octanol–water partition coefficient (Wildman–Crippen LogP) is 7.01. The summed E-state index contributed by atoms with van der Waals surface area (Å²) in [7, 11) is -4.03. The summed E-state index contributed by atoms with van der Waals surface area (Å²) < 4.78 is 34.8. The topological polar surface area (TPSA) is 129 Å². The highest BCUT2D eigenvalue weighted by Gasteiger charge is 2.43. The van der Waals surface area contributed by atoms with E-state index in [9.17, 15) is 18.3 Å². The van der Waals surface area contributed by atoms with Crippen LogP contribution in [0.3, 0.4) is 0 Å². The lowest BCUT2D eigenvalue weighted by Crippen LogP contribution is -2.42. The first-order valence-corrected chi connectivity index (χ1v) is 16.4. The third-order valence-corrected chi connectivity index (χ3v) is 9.49. The third-order valence-electron chi connectivity index (χ3n) is 8.19. The van der Waals surface area contributed by atoms with Crippen LogP contribution in [0.5, 0.6) is 0 Å². The van der Waals surface area contributed by atoms with Crippen molar-refractivity contribution in [3.63, 3.8) is 0 Å². The zero-order valence-electron chi connectivity index (χ0n) is 25.0. The minimum atomic E-state index is -4.03. The van der Waals surface area contributed by atoms with E-state index < -0.39 is 27.5 Å². The average Bonchev–Trinajstić information content (AvgIpc) is 3.05. The van der Waals surface area contributed by atoms with Gasteiger partial charge >= 0.3 is 5.97 Å². The van der Waals surface area contributed by atoms with Gasteiger partial charge in [0.25, 0.3) is 10.0 Å². The van der Waals surface area contributed by atoms with Crippen molar-refractivity contribution in [2.75, 3.05) is 4.72 Å². The van der Waals surface area contributed by atoms with Gasteiger partial charge in [0, 0.05) is 24.2 Å². The first-order chi connectivity index (χ1) is 21.7. The summed E-state index contributed by atoms with van der Waals surface area (Å²) in [5, 5.41) is 20.3. The van der Waals surface area contributed by atoms with E-state index in [1.807, 2.05) is 73.7 Å². The standard InChI is InChI=1S/C36H35N3O5S/c1-2-31(29-14-9-15-30(22-29)39-45(42,43)33-17-16-28(24-37)25-38-33)34-32(40)23-36(44-35(34)41,20-18-26-10-5-3-6-11-26)21-19-27-12-7-4-8-13-27/h3-17,22,25,31,39-40H,2,18-21,23H2,1H3. The van der Waals surface area contributed by atoms with E-state index in [0.717, 1.165) is 11.1 Å². The molecule has 1 aromatic heterocycles. The number of aliphatic hydroxyl groups is 1. The molecule has 0 aliphatic carbocycles. The molecule has 1 aliphatic heterocycles. The van der Waals surface area contributed by atoms with Gasteiger partial charge in [0.05, 0.1) is 11.1 Å². The molecule has 2 heterocycles. The van der Waals surface area contributed by atoms with E-state index in [0.29, 0.717) is 37.7 Å². The minimum Gasteiger partial charge on any atom is -0.512 e. The molecule has 2 N–H and O–H groups in total. The molecule has 0 bridgehead atoms. The van der Waals surface area contributed by atoms with E-state index in [1.165, 1.54) is 18.3 Å². The van der Waals surface area contributed by atoms with Crippen LogP contribution in [0.15, 0.2) is 120 Å². The molecule has 1 aliphatic rings. The number of pyridine rings is 1. The lowest BCUT2D eigenvalue weighted by molar-refractivity contribution is -0.161. The van der Waals surface area contributed by atoms with Gasteiger partial charge in [-0.2, -0.15) is 13.7 Å². The number of aromatic nitrogens is 1. The third kappa shape index (κ3) is 7.59. The fourth-order valence-electron chi connectivity index (χ4n) is 5.82. The van der Waals surface area contributed by atoms with Gasteiger partial charge in [-0.15, -0.1) is 0 Å². The second-order valence-corrected chi connectivity index (χ2v) is 12.9. The highest BCUT2D eigenvalue weighted by molar-refractivity contribution is 7.92. The monoisotopic (exact) mass is 621 g/mol. The smallest absolute Gasteiger partial charge is 0.338 e. The van der Waals surface area contributed by atoms with Gasteiger partial charge in [-0.1, -0.05) is 79.7 Å². The lowest BCUT2D eigenvalue weighted by atomic mass is 9.79. The number of benzene rings is 3. The average molecular weight is 622 g/mol. The maximum atomic E-state index is 13.8. The summed E-state index contributed by atoms with van der Waals surface area (Å²) >= 11 is 0. The van der Waals surface area contributed by atoms with Crippen molar-refractivity contribution in [1.82, 2.24) is 4.98 Å². The number of esters is 1. The molecule has 9 heteroatoms. The van der Waals surface area contributed by atoms with Gasteiger partial charge in [0.15, 0.2) is 5.03 Å². The molecule has 8 nitrogen and oxygen atoms in total. The van der Waals surface area contributed by atoms with Gasteiger partial charge < -0.3 is 9.84 Å². The van der Waals surface area contributed by atoms with Crippen molar-refractivity contribution in [3.8, 4) is 6.07 Å². The molecule has 5 rings (SSSR count). The minimum absolute atomic E-state index is 0.00647. The molecule has 4 aromatic rings. The van der Waals surface area contributed by atoms with Gasteiger partial charge in [-0.25, -0.2) is 9.78 Å². The number of rotatable bonds is 12. The van der Waals surface area contributed by atoms with E-state index in [2.05, 4.69) is 9.71 Å². The number of aliphatic hydroxyl groups excluding tert-OH is 1. The van der Waals surface area contributed by atoms with Gasteiger partial charge in [-0.3, -0.25) is 4.72 Å². The van der Waals surface area contributed by atoms with Crippen molar-refractivity contribution in [1.29, 1.82) is 5.26 Å². The number of hydrogen-bond donors (Lipinski definition) is 2. The molecule has 0 spiro atoms. The van der Waals surface area contributed by atoms with Crippen molar-refractivity contribution in [2.45, 2.75) is 62.0 Å². The number of anilines is 1. The number of hydrogen-bond acceptors (Lipinski definition) is 7. The van der Waals surface area contributed by atoms with Crippen LogP contribution < -0.4 is 4.72 Å². The number of nitriles is 1. The Bertz CT molecular complexity index is 1770. The number of ether oxygens (including phenoxy) is 1. The van der Waals surface area contributed by atoms with Crippen molar-refractivity contribution in [3.05, 3.63) is 137 Å². The van der Waals surface area contributed by atoms with E-state index in [4.69, 9.17) is 10.00 Å². The van der Waals surface area contributed by atoms with Crippen molar-refractivity contribution >= 4 is 21.7 Å². The summed E-state index contributed by atoms with van der Waals surface area (Å²) in [4.78, 5) is 17.7. The number of nitrogens with zero attached hydrogens (tertiary/aromatic N) is 2. The Balaban J connectivity index is 1.40. The summed E-state index contributed by atoms with van der Waals surface area (Å²) in [6.07, 6.45) is 4.37. The molecule has 1 unspecified atom stereocenters. The first kappa shape index (κ1) is 31.5. The highest BCUT2D eigenvalue weighted by atomic mass is 32.2. The molecule has 1 atom stereocenters. The number of carbonyl (C=O) groups is 1. The number of aryl methyl sites for hydroxylation is 2. The van der Waals surface area contributed by atoms with Gasteiger partial charge in [-0.05, 0) is 73.1 Å². The molecule has 0 saturated heterocycles. The van der Waals surface area contributed by atoms with Crippen LogP contribution in [0.1, 0.15) is 60.8 Å². The van der Waals surface area contributed by atoms with Crippen LogP contribution in [-0.4, -0.2) is 30.1 Å². The molecule has 0 fully saturated rings. The molecule has 0 radical (unpaired) electrons. The summed E-state index contributed by atoms with van der Waals surface area (Å²) in [5.41, 5.74) is 2.76. The Kier molecular flexibility index (Phi) is 9.65. The Morgan fingerprint density at radius 3 is 2.13 bits per heavy atom. The second kappa shape index (κ2) is 13.8. The Morgan fingerprint density at radius 2 is 1.60 bits per heavy atom. The van der Waals surface area contributed by atoms with Crippen LogP contribution in [0.2, 0.25) is 0 Å². The molecular formula is C36H35N3O5S. The summed E-state index contributed by atoms with van der Waals surface area (Å²) in [6.45, 7) is 1.91. The number of carbonyl (C=O) groups excluding carboxylic acids is 1. The molecular weight excluding hydrogens is 586 g/mol. The zero-order valence-corrected chi connectivity index (χ0v) is 25.8. The van der Waals surface area contributed by atoms with Crippen molar-refractivity contribution in [2.24, 2.45) is 0 Å². The van der Waals surface area contributed by atoms with Crippen LogP contribution in [-0.2, 0) is 32.4 Å². The van der Waals surface area contributed by atoms with Gasteiger partial charge in [0.2, 0.25) is 0 Å². The Hall–Kier alpha value is -4.94. The normalized spacial score (nSPS) is 15.2. The molecule has 3 aromatic carbocycles.